The van der Waals surface area contributed by atoms with Crippen LogP contribution in [0.25, 0.3) is 11.1 Å². The van der Waals surface area contributed by atoms with Gasteiger partial charge in [-0.05, 0) is 31.0 Å². The van der Waals surface area contributed by atoms with Crippen LogP contribution in [0.5, 0.6) is 0 Å². The van der Waals surface area contributed by atoms with Crippen LogP contribution in [-0.2, 0) is 6.54 Å². The number of anilines is 2. The topological polar surface area (TPSA) is 88.4 Å². The van der Waals surface area contributed by atoms with Gasteiger partial charge in [-0.15, -0.1) is 0 Å². The van der Waals surface area contributed by atoms with E-state index in [0.29, 0.717) is 29.4 Å². The summed E-state index contributed by atoms with van der Waals surface area (Å²) in [6, 6.07) is 7.86. The Morgan fingerprint density at radius 3 is 2.95 bits per heavy atom. The fourth-order valence-corrected chi connectivity index (χ4v) is 2.62. The molecule has 21 heavy (non-hydrogen) atoms. The number of nitrogens with zero attached hydrogens (tertiary/aromatic N) is 1. The van der Waals surface area contributed by atoms with E-state index in [4.69, 9.17) is 14.6 Å². The van der Waals surface area contributed by atoms with Gasteiger partial charge in [0, 0.05) is 12.1 Å². The molecule has 6 heteroatoms. The number of fused-ring (bicyclic) bond motifs is 1. The summed E-state index contributed by atoms with van der Waals surface area (Å²) in [6.07, 6.45) is 3.95. The molecule has 0 unspecified atom stereocenters. The summed E-state index contributed by atoms with van der Waals surface area (Å²) in [5.41, 5.74) is 8.79. The third-order valence-corrected chi connectivity index (χ3v) is 3.77. The van der Waals surface area contributed by atoms with Crippen molar-refractivity contribution in [2.24, 2.45) is 0 Å². The first-order valence-electron chi connectivity index (χ1n) is 6.92. The second kappa shape index (κ2) is 4.44. The molecular formula is C15H15N3O3. The first-order valence-corrected chi connectivity index (χ1v) is 6.92. The van der Waals surface area contributed by atoms with Crippen molar-refractivity contribution in [3.63, 3.8) is 0 Å². The third-order valence-electron chi connectivity index (χ3n) is 3.77. The number of furan rings is 1. The number of oxazole rings is 1. The zero-order valence-corrected chi connectivity index (χ0v) is 11.3. The predicted molar refractivity (Wildman–Crippen MR) is 79.2 cm³/mol. The lowest BCUT2D eigenvalue weighted by Crippen LogP contribution is -2.25. The maximum absolute atomic E-state index is 11.3. The summed E-state index contributed by atoms with van der Waals surface area (Å²) < 4.78 is 10.5. The minimum atomic E-state index is -0.467. The Hall–Kier alpha value is -2.63. The lowest BCUT2D eigenvalue weighted by molar-refractivity contribution is 0.501. The van der Waals surface area contributed by atoms with Crippen molar-refractivity contribution >= 4 is 22.5 Å². The van der Waals surface area contributed by atoms with Crippen LogP contribution in [0.1, 0.15) is 18.6 Å². The van der Waals surface area contributed by atoms with Gasteiger partial charge in [-0.2, -0.15) is 0 Å². The number of nitrogens with one attached hydrogen (secondary N) is 1. The van der Waals surface area contributed by atoms with Crippen molar-refractivity contribution < 1.29 is 8.83 Å². The summed E-state index contributed by atoms with van der Waals surface area (Å²) in [4.78, 5) is 16.2. The van der Waals surface area contributed by atoms with Gasteiger partial charge < -0.3 is 19.5 Å². The molecule has 1 saturated carbocycles. The van der Waals surface area contributed by atoms with E-state index >= 15 is 0 Å². The second-order valence-corrected chi connectivity index (χ2v) is 5.36. The van der Waals surface area contributed by atoms with Gasteiger partial charge in [0.1, 0.15) is 5.76 Å². The number of H-pyrrole nitrogens is 1. The third kappa shape index (κ3) is 2.18. The Balaban J connectivity index is 1.77. The number of nitrogens with two attached hydrogens (primary N) is 1. The van der Waals surface area contributed by atoms with Gasteiger partial charge in [0.25, 0.3) is 0 Å². The van der Waals surface area contributed by atoms with Crippen molar-refractivity contribution in [2.75, 3.05) is 10.6 Å². The average molecular weight is 285 g/mol. The molecule has 3 aromatic rings. The van der Waals surface area contributed by atoms with E-state index in [1.165, 1.54) is 0 Å². The van der Waals surface area contributed by atoms with E-state index in [0.717, 1.165) is 24.3 Å². The first-order chi connectivity index (χ1) is 10.2. The number of aromatic nitrogens is 1. The lowest BCUT2D eigenvalue weighted by Gasteiger charge is -2.25. The van der Waals surface area contributed by atoms with E-state index in [2.05, 4.69) is 9.88 Å². The highest BCUT2D eigenvalue weighted by Crippen LogP contribution is 2.37. The van der Waals surface area contributed by atoms with Crippen LogP contribution >= 0.6 is 0 Å². The second-order valence-electron chi connectivity index (χ2n) is 5.36. The number of rotatable bonds is 4. The van der Waals surface area contributed by atoms with Gasteiger partial charge in [-0.3, -0.25) is 4.98 Å². The molecule has 0 saturated heterocycles. The van der Waals surface area contributed by atoms with Crippen molar-refractivity contribution in [3.8, 4) is 0 Å². The molecular weight excluding hydrogens is 270 g/mol. The molecule has 1 aromatic carbocycles. The number of nitrogen functional groups attached to an aromatic ring is 1. The van der Waals surface area contributed by atoms with Crippen molar-refractivity contribution in [2.45, 2.75) is 25.4 Å². The predicted octanol–water partition coefficient (Wildman–Crippen LogP) is 2.47. The summed E-state index contributed by atoms with van der Waals surface area (Å²) >= 11 is 0. The zero-order chi connectivity index (χ0) is 14.4. The Kier molecular flexibility index (Phi) is 2.57. The summed E-state index contributed by atoms with van der Waals surface area (Å²) in [7, 11) is 0. The summed E-state index contributed by atoms with van der Waals surface area (Å²) in [6.45, 7) is 0.662. The molecule has 6 nitrogen and oxygen atoms in total. The number of benzene rings is 1. The minimum Gasteiger partial charge on any atom is -0.467 e. The van der Waals surface area contributed by atoms with Crippen molar-refractivity contribution in [1.29, 1.82) is 0 Å². The van der Waals surface area contributed by atoms with Crippen LogP contribution < -0.4 is 16.4 Å². The molecule has 0 amide bonds. The van der Waals surface area contributed by atoms with E-state index in [1.54, 1.807) is 12.3 Å². The summed E-state index contributed by atoms with van der Waals surface area (Å²) in [5.74, 6) is 0.424. The van der Waals surface area contributed by atoms with Gasteiger partial charge >= 0.3 is 5.76 Å². The molecule has 0 bridgehead atoms. The molecule has 1 aliphatic carbocycles. The average Bonchev–Trinajstić information content (AvgIpc) is 3.03. The van der Waals surface area contributed by atoms with Crippen LogP contribution in [0.3, 0.4) is 0 Å². The fraction of sp³-hybridized carbons (Fsp3) is 0.267. The lowest BCUT2D eigenvalue weighted by atomic mass is 10.2. The van der Waals surface area contributed by atoms with Crippen LogP contribution in [0.15, 0.2) is 44.2 Å². The molecule has 2 heterocycles. The molecule has 3 N–H and O–H groups in total. The zero-order valence-electron chi connectivity index (χ0n) is 11.3. The maximum atomic E-state index is 11.3. The number of hydrogen-bond acceptors (Lipinski definition) is 5. The van der Waals surface area contributed by atoms with E-state index in [9.17, 15) is 4.79 Å². The molecule has 0 spiro atoms. The Morgan fingerprint density at radius 2 is 2.24 bits per heavy atom. The standard InChI is InChI=1S/C15H15N3O3/c16-11-6-14-12(17-15(19)21-14)7-13(11)18(9-3-4-9)8-10-2-1-5-20-10/h1-2,5-7,9H,3-4,8,16H2,(H,17,19). The quantitative estimate of drug-likeness (QED) is 0.719. The van der Waals surface area contributed by atoms with E-state index in [-0.39, 0.29) is 0 Å². The van der Waals surface area contributed by atoms with Crippen molar-refractivity contribution in [1.82, 2.24) is 4.98 Å². The van der Waals surface area contributed by atoms with Crippen LogP contribution in [-0.4, -0.2) is 11.0 Å². The maximum Gasteiger partial charge on any atom is 0.417 e. The largest absolute Gasteiger partial charge is 0.467 e. The smallest absolute Gasteiger partial charge is 0.417 e. The van der Waals surface area contributed by atoms with E-state index < -0.39 is 5.76 Å². The monoisotopic (exact) mass is 285 g/mol. The Morgan fingerprint density at radius 1 is 1.38 bits per heavy atom. The highest BCUT2D eigenvalue weighted by molar-refractivity contribution is 5.85. The molecule has 1 fully saturated rings. The van der Waals surface area contributed by atoms with Crippen LogP contribution in [0.4, 0.5) is 11.4 Å². The minimum absolute atomic E-state index is 0.466. The molecule has 1 aliphatic rings. The highest BCUT2D eigenvalue weighted by atomic mass is 16.4. The first kappa shape index (κ1) is 12.1. The molecule has 4 rings (SSSR count). The van der Waals surface area contributed by atoms with Crippen molar-refractivity contribution in [3.05, 3.63) is 46.8 Å². The molecule has 108 valence electrons. The fourth-order valence-electron chi connectivity index (χ4n) is 2.62. The molecule has 0 atom stereocenters. The van der Waals surface area contributed by atoms with Gasteiger partial charge in [0.2, 0.25) is 0 Å². The SMILES string of the molecule is Nc1cc2oc(=O)[nH]c2cc1N(Cc1ccco1)C1CC1. The normalized spacial score (nSPS) is 14.7. The van der Waals surface area contributed by atoms with E-state index in [1.807, 2.05) is 18.2 Å². The molecule has 0 radical (unpaired) electrons. The Bertz CT molecular complexity index is 828. The van der Waals surface area contributed by atoms with Crippen LogP contribution in [0, 0.1) is 0 Å². The molecule has 2 aromatic heterocycles. The highest BCUT2D eigenvalue weighted by Gasteiger charge is 2.31. The van der Waals surface area contributed by atoms with Gasteiger partial charge in [-0.1, -0.05) is 0 Å². The Labute approximate surface area is 120 Å². The van der Waals surface area contributed by atoms with Gasteiger partial charge in [-0.25, -0.2) is 4.79 Å². The number of hydrogen-bond donors (Lipinski definition) is 2. The van der Waals surface area contributed by atoms with Gasteiger partial charge in [0.05, 0.1) is 29.7 Å². The summed E-state index contributed by atoms with van der Waals surface area (Å²) in [5, 5.41) is 0. The van der Waals surface area contributed by atoms with Crippen LogP contribution in [0.2, 0.25) is 0 Å². The number of aromatic amines is 1. The molecule has 0 aliphatic heterocycles. The van der Waals surface area contributed by atoms with Gasteiger partial charge in [0.15, 0.2) is 5.58 Å².